The second kappa shape index (κ2) is 5.18. The van der Waals surface area contributed by atoms with Gasteiger partial charge < -0.3 is 0 Å². The van der Waals surface area contributed by atoms with Gasteiger partial charge in [0.05, 0.1) is 17.0 Å². The first-order valence-corrected chi connectivity index (χ1v) is 7.18. The van der Waals surface area contributed by atoms with E-state index in [0.717, 1.165) is 0 Å². The molecule has 0 aliphatic carbocycles. The van der Waals surface area contributed by atoms with Crippen molar-refractivity contribution in [2.24, 2.45) is 0 Å². The Hall–Kier alpha value is -1.99. The summed E-state index contributed by atoms with van der Waals surface area (Å²) >= 11 is 6.46. The van der Waals surface area contributed by atoms with Crippen LogP contribution in [0.15, 0.2) is 43.0 Å². The minimum Gasteiger partial charge on any atom is -0.291 e. The largest absolute Gasteiger partial charge is 0.291 e. The van der Waals surface area contributed by atoms with Gasteiger partial charge in [0.15, 0.2) is 0 Å². The fourth-order valence-corrected chi connectivity index (χ4v) is 2.92. The quantitative estimate of drug-likeness (QED) is 0.627. The van der Waals surface area contributed by atoms with Crippen molar-refractivity contribution in [3.05, 3.63) is 54.1 Å². The summed E-state index contributed by atoms with van der Waals surface area (Å²) in [7, 11) is 0. The molecule has 0 saturated heterocycles. The van der Waals surface area contributed by atoms with Crippen LogP contribution in [0.4, 0.5) is 0 Å². The molecule has 0 spiro atoms. The summed E-state index contributed by atoms with van der Waals surface area (Å²) in [5.41, 5.74) is 0.901. The molecule has 1 aromatic heterocycles. The van der Waals surface area contributed by atoms with E-state index in [-0.39, 0.29) is 17.7 Å². The zero-order valence-electron chi connectivity index (χ0n) is 10.2. The van der Waals surface area contributed by atoms with E-state index < -0.39 is 0 Å². The Morgan fingerprint density at radius 2 is 1.85 bits per heavy atom. The predicted molar refractivity (Wildman–Crippen MR) is 79.6 cm³/mol. The van der Waals surface area contributed by atoms with Gasteiger partial charge in [-0.15, -0.1) is 0 Å². The van der Waals surface area contributed by atoms with E-state index >= 15 is 0 Å². The lowest BCUT2D eigenvalue weighted by atomic mass is 10.1. The Kier molecular flexibility index (Phi) is 3.37. The molecule has 0 radical (unpaired) electrons. The number of carbonyl (C=O) groups is 2. The number of imide groups is 1. The van der Waals surface area contributed by atoms with E-state index in [1.165, 1.54) is 16.7 Å². The number of hydrogen-bond acceptors (Lipinski definition) is 5. The predicted octanol–water partition coefficient (Wildman–Crippen LogP) is 2.00. The van der Waals surface area contributed by atoms with Crippen molar-refractivity contribution in [1.82, 2.24) is 14.5 Å². The molecule has 0 unspecified atom stereocenters. The molecular weight excluding hydrogens is 294 g/mol. The third-order valence-electron chi connectivity index (χ3n) is 2.91. The Labute approximate surface area is 124 Å². The number of rotatable bonds is 2. The number of thiocarbonyl (C=S) groups is 1. The second-order valence-electron chi connectivity index (χ2n) is 4.09. The molecule has 7 heteroatoms. The monoisotopic (exact) mass is 303 g/mol. The summed E-state index contributed by atoms with van der Waals surface area (Å²) in [6, 6.07) is 6.82. The van der Waals surface area contributed by atoms with Gasteiger partial charge in [-0.3, -0.25) is 19.1 Å². The fourth-order valence-electron chi connectivity index (χ4n) is 1.92. The number of thioether (sulfide) groups is 1. The van der Waals surface area contributed by atoms with Gasteiger partial charge in [0.2, 0.25) is 0 Å². The minimum absolute atomic E-state index is 0.198. The van der Waals surface area contributed by atoms with Gasteiger partial charge in [0.1, 0.15) is 10.6 Å². The Balaban J connectivity index is 1.73. The van der Waals surface area contributed by atoms with Crippen molar-refractivity contribution >= 4 is 40.1 Å². The first-order chi connectivity index (χ1) is 9.68. The van der Waals surface area contributed by atoms with Crippen molar-refractivity contribution in [3.63, 3.8) is 0 Å². The van der Waals surface area contributed by atoms with Crippen LogP contribution in [0.3, 0.4) is 0 Å². The number of hydrogen-bond donors (Lipinski definition) is 0. The van der Waals surface area contributed by atoms with Gasteiger partial charge in [-0.1, -0.05) is 36.1 Å². The lowest BCUT2D eigenvalue weighted by Crippen LogP contribution is -2.30. The van der Waals surface area contributed by atoms with E-state index in [1.807, 2.05) is 0 Å². The van der Waals surface area contributed by atoms with Crippen molar-refractivity contribution in [3.8, 4) is 0 Å². The van der Waals surface area contributed by atoms with Crippen molar-refractivity contribution in [2.45, 2.75) is 0 Å². The Morgan fingerprint density at radius 3 is 2.40 bits per heavy atom. The molecule has 2 amide bonds. The highest BCUT2D eigenvalue weighted by atomic mass is 32.2. The number of imidazole rings is 1. The highest BCUT2D eigenvalue weighted by Gasteiger charge is 2.35. The highest BCUT2D eigenvalue weighted by Crippen LogP contribution is 2.24. The third-order valence-corrected chi connectivity index (χ3v) is 4.32. The average molecular weight is 303 g/mol. The SMILES string of the molecule is O=C1c2ccccc2C(=O)N1CSC(=S)n1ccnc1. The summed E-state index contributed by atoms with van der Waals surface area (Å²) in [4.78, 5) is 29.4. The second-order valence-corrected chi connectivity index (χ2v) is 5.67. The molecule has 1 aromatic carbocycles. The summed E-state index contributed by atoms with van der Waals surface area (Å²) in [5.74, 6) is -0.346. The standard InChI is InChI=1S/C13H9N3O2S2/c17-11-9-3-1-2-4-10(9)12(18)16(11)8-20-13(19)15-6-5-14-7-15/h1-7H,8H2. The fraction of sp³-hybridized carbons (Fsp3) is 0.0769. The van der Waals surface area contributed by atoms with E-state index in [1.54, 1.807) is 47.6 Å². The average Bonchev–Trinajstić information content (AvgIpc) is 3.07. The molecule has 0 fully saturated rings. The number of carbonyl (C=O) groups excluding carboxylic acids is 2. The number of amides is 2. The smallest absolute Gasteiger partial charge is 0.262 e. The molecule has 0 atom stereocenters. The first kappa shape index (κ1) is 13.0. The molecule has 5 nitrogen and oxygen atoms in total. The molecule has 1 aliphatic heterocycles. The van der Waals surface area contributed by atoms with E-state index in [9.17, 15) is 9.59 Å². The Bertz CT molecular complexity index is 662. The number of fused-ring (bicyclic) bond motifs is 1. The van der Waals surface area contributed by atoms with Gasteiger partial charge in [-0.2, -0.15) is 0 Å². The molecule has 2 heterocycles. The molecule has 0 N–H and O–H groups in total. The van der Waals surface area contributed by atoms with Gasteiger partial charge >= 0.3 is 0 Å². The topological polar surface area (TPSA) is 55.2 Å². The number of benzene rings is 1. The van der Waals surface area contributed by atoms with Crippen molar-refractivity contribution < 1.29 is 9.59 Å². The van der Waals surface area contributed by atoms with E-state index in [2.05, 4.69) is 4.98 Å². The maximum Gasteiger partial charge on any atom is 0.262 e. The normalized spacial score (nSPS) is 13.7. The summed E-state index contributed by atoms with van der Waals surface area (Å²) in [5, 5.41) is 0. The zero-order valence-corrected chi connectivity index (χ0v) is 11.9. The van der Waals surface area contributed by atoms with Crippen LogP contribution in [0.5, 0.6) is 0 Å². The van der Waals surface area contributed by atoms with Crippen LogP contribution >= 0.6 is 24.0 Å². The maximum absolute atomic E-state index is 12.1. The molecule has 0 bridgehead atoms. The first-order valence-electron chi connectivity index (χ1n) is 5.79. The van der Waals surface area contributed by atoms with Crippen molar-refractivity contribution in [1.29, 1.82) is 0 Å². The van der Waals surface area contributed by atoms with E-state index in [0.29, 0.717) is 15.4 Å². The van der Waals surface area contributed by atoms with Crippen molar-refractivity contribution in [2.75, 3.05) is 5.88 Å². The van der Waals surface area contributed by atoms with Gasteiger partial charge in [0.25, 0.3) is 11.8 Å². The third kappa shape index (κ3) is 2.14. The summed E-state index contributed by atoms with van der Waals surface area (Å²) in [6.45, 7) is 0. The van der Waals surface area contributed by atoms with Crippen LogP contribution in [0.2, 0.25) is 0 Å². The van der Waals surface area contributed by atoms with Crippen LogP contribution in [0.1, 0.15) is 20.7 Å². The molecular formula is C13H9N3O2S2. The molecule has 0 saturated carbocycles. The maximum atomic E-state index is 12.1. The summed E-state index contributed by atoms with van der Waals surface area (Å²) in [6.07, 6.45) is 4.92. The highest BCUT2D eigenvalue weighted by molar-refractivity contribution is 8.23. The van der Waals surface area contributed by atoms with Crippen LogP contribution < -0.4 is 0 Å². The molecule has 20 heavy (non-hydrogen) atoms. The number of aromatic nitrogens is 2. The lowest BCUT2D eigenvalue weighted by Gasteiger charge is -2.13. The molecule has 3 rings (SSSR count). The molecule has 100 valence electrons. The van der Waals surface area contributed by atoms with Crippen LogP contribution in [-0.2, 0) is 0 Å². The summed E-state index contributed by atoms with van der Waals surface area (Å²) < 4.78 is 2.21. The van der Waals surface area contributed by atoms with Crippen LogP contribution in [-0.4, -0.2) is 36.5 Å². The Morgan fingerprint density at radius 1 is 1.20 bits per heavy atom. The van der Waals surface area contributed by atoms with Crippen LogP contribution in [0, 0.1) is 0 Å². The number of nitrogens with zero attached hydrogens (tertiary/aromatic N) is 3. The van der Waals surface area contributed by atoms with E-state index in [4.69, 9.17) is 12.2 Å². The van der Waals surface area contributed by atoms with Crippen LogP contribution in [0.25, 0.3) is 0 Å². The molecule has 2 aromatic rings. The van der Waals surface area contributed by atoms with Gasteiger partial charge in [-0.25, -0.2) is 4.98 Å². The minimum atomic E-state index is -0.272. The lowest BCUT2D eigenvalue weighted by molar-refractivity contribution is 0.0684. The zero-order chi connectivity index (χ0) is 14.1. The molecule has 1 aliphatic rings. The van der Waals surface area contributed by atoms with Gasteiger partial charge in [0, 0.05) is 12.4 Å². The van der Waals surface area contributed by atoms with Gasteiger partial charge in [-0.05, 0) is 12.1 Å².